The standard InChI is InChI=1S/C15H26N4S.2ClH/c1-12(2)13-17-18-14(20-13)19-10-3-4-15(7-11-19)5-8-16-9-6-15;;/h12,16H,3-11H2,1-2H3;2*1H. The molecule has 2 aliphatic heterocycles. The van der Waals surface area contributed by atoms with E-state index < -0.39 is 0 Å². The summed E-state index contributed by atoms with van der Waals surface area (Å²) in [5.41, 5.74) is 0.603. The van der Waals surface area contributed by atoms with E-state index in [-0.39, 0.29) is 24.8 Å². The molecule has 0 radical (unpaired) electrons. The summed E-state index contributed by atoms with van der Waals surface area (Å²) < 4.78 is 0. The summed E-state index contributed by atoms with van der Waals surface area (Å²) in [4.78, 5) is 2.47. The predicted octanol–water partition coefficient (Wildman–Crippen LogP) is 3.87. The third-order valence-electron chi connectivity index (χ3n) is 4.91. The van der Waals surface area contributed by atoms with E-state index in [1.54, 1.807) is 11.3 Å². The van der Waals surface area contributed by atoms with Crippen LogP contribution in [0.25, 0.3) is 0 Å². The number of halogens is 2. The molecule has 0 aromatic carbocycles. The van der Waals surface area contributed by atoms with Crippen molar-refractivity contribution in [3.05, 3.63) is 5.01 Å². The van der Waals surface area contributed by atoms with E-state index >= 15 is 0 Å². The van der Waals surface area contributed by atoms with Gasteiger partial charge in [-0.3, -0.25) is 0 Å². The molecule has 3 heterocycles. The summed E-state index contributed by atoms with van der Waals surface area (Å²) >= 11 is 1.78. The zero-order valence-electron chi connectivity index (χ0n) is 13.5. The van der Waals surface area contributed by atoms with Gasteiger partial charge >= 0.3 is 0 Å². The summed E-state index contributed by atoms with van der Waals surface area (Å²) in [5.74, 6) is 0.490. The Morgan fingerprint density at radius 1 is 1.05 bits per heavy atom. The zero-order chi connectivity index (χ0) is 14.0. The first-order chi connectivity index (χ1) is 9.69. The van der Waals surface area contributed by atoms with E-state index in [1.165, 1.54) is 50.2 Å². The molecule has 0 atom stereocenters. The number of hydrogen-bond donors (Lipinski definition) is 1. The lowest BCUT2D eigenvalue weighted by Crippen LogP contribution is -2.37. The van der Waals surface area contributed by atoms with Gasteiger partial charge in [-0.2, -0.15) is 0 Å². The maximum absolute atomic E-state index is 4.42. The van der Waals surface area contributed by atoms with Crippen LogP contribution in [-0.2, 0) is 0 Å². The molecule has 0 unspecified atom stereocenters. The Kier molecular flexibility index (Phi) is 7.86. The number of nitrogens with one attached hydrogen (secondary N) is 1. The first-order valence-corrected chi connectivity index (χ1v) is 8.79. The highest BCUT2D eigenvalue weighted by Crippen LogP contribution is 2.40. The van der Waals surface area contributed by atoms with Gasteiger partial charge in [-0.1, -0.05) is 25.2 Å². The average Bonchev–Trinajstić information content (AvgIpc) is 2.86. The Morgan fingerprint density at radius 2 is 1.77 bits per heavy atom. The van der Waals surface area contributed by atoms with Gasteiger partial charge in [0.15, 0.2) is 0 Å². The Bertz CT molecular complexity index is 447. The zero-order valence-corrected chi connectivity index (χ0v) is 16.0. The SMILES string of the molecule is CC(C)c1nnc(N2CCCC3(CCNCC3)CC2)s1.Cl.Cl. The minimum Gasteiger partial charge on any atom is -0.347 e. The summed E-state index contributed by atoms with van der Waals surface area (Å²) in [6.07, 6.45) is 6.73. The van der Waals surface area contributed by atoms with Crippen molar-refractivity contribution in [1.29, 1.82) is 0 Å². The Labute approximate surface area is 150 Å². The molecule has 22 heavy (non-hydrogen) atoms. The summed E-state index contributed by atoms with van der Waals surface area (Å²) in [7, 11) is 0. The first-order valence-electron chi connectivity index (χ1n) is 7.98. The number of piperidine rings is 1. The van der Waals surface area contributed by atoms with Gasteiger partial charge in [0, 0.05) is 19.0 Å². The number of nitrogens with zero attached hydrogens (tertiary/aromatic N) is 3. The van der Waals surface area contributed by atoms with Crippen LogP contribution in [0.15, 0.2) is 0 Å². The van der Waals surface area contributed by atoms with E-state index in [9.17, 15) is 0 Å². The molecule has 2 saturated heterocycles. The van der Waals surface area contributed by atoms with Crippen LogP contribution in [0.2, 0.25) is 0 Å². The Morgan fingerprint density at radius 3 is 2.41 bits per heavy atom. The number of aromatic nitrogens is 2. The lowest BCUT2D eigenvalue weighted by atomic mass is 9.73. The first kappa shape index (κ1) is 19.9. The quantitative estimate of drug-likeness (QED) is 0.862. The van der Waals surface area contributed by atoms with Gasteiger partial charge in [0.25, 0.3) is 0 Å². The maximum atomic E-state index is 4.42. The van der Waals surface area contributed by atoms with E-state index in [0.29, 0.717) is 11.3 Å². The fourth-order valence-corrected chi connectivity index (χ4v) is 4.39. The van der Waals surface area contributed by atoms with E-state index in [1.807, 2.05) is 0 Å². The van der Waals surface area contributed by atoms with Crippen LogP contribution in [0, 0.1) is 5.41 Å². The topological polar surface area (TPSA) is 41.1 Å². The van der Waals surface area contributed by atoms with Crippen molar-refractivity contribution in [3.8, 4) is 0 Å². The van der Waals surface area contributed by atoms with Crippen molar-refractivity contribution < 1.29 is 0 Å². The lowest BCUT2D eigenvalue weighted by molar-refractivity contribution is 0.178. The van der Waals surface area contributed by atoms with Gasteiger partial charge in [-0.15, -0.1) is 35.0 Å². The molecule has 0 aliphatic carbocycles. The van der Waals surface area contributed by atoms with Crippen LogP contribution < -0.4 is 10.2 Å². The van der Waals surface area contributed by atoms with Crippen LogP contribution in [0.1, 0.15) is 56.9 Å². The third-order valence-corrected chi connectivity index (χ3v) is 6.19. The summed E-state index contributed by atoms with van der Waals surface area (Å²) in [6, 6.07) is 0. The van der Waals surface area contributed by atoms with Crippen molar-refractivity contribution in [2.75, 3.05) is 31.1 Å². The molecule has 1 aromatic heterocycles. The van der Waals surface area contributed by atoms with Crippen LogP contribution in [0.3, 0.4) is 0 Å². The number of hydrogen-bond acceptors (Lipinski definition) is 5. The third kappa shape index (κ3) is 4.47. The second kappa shape index (κ2) is 8.67. The van der Waals surface area contributed by atoms with Gasteiger partial charge < -0.3 is 10.2 Å². The molecule has 3 rings (SSSR count). The largest absolute Gasteiger partial charge is 0.347 e. The average molecular weight is 367 g/mol. The van der Waals surface area contributed by atoms with Crippen LogP contribution >= 0.6 is 36.2 Å². The van der Waals surface area contributed by atoms with E-state index in [4.69, 9.17) is 0 Å². The molecule has 7 heteroatoms. The molecule has 128 valence electrons. The van der Waals surface area contributed by atoms with E-state index in [0.717, 1.165) is 18.2 Å². The van der Waals surface area contributed by atoms with Gasteiger partial charge in [-0.25, -0.2) is 0 Å². The highest BCUT2D eigenvalue weighted by Gasteiger charge is 2.34. The highest BCUT2D eigenvalue weighted by molar-refractivity contribution is 7.15. The summed E-state index contributed by atoms with van der Waals surface area (Å²) in [5, 5.41) is 14.6. The normalized spacial score (nSPS) is 21.1. The molecule has 0 bridgehead atoms. The fraction of sp³-hybridized carbons (Fsp3) is 0.867. The molecule has 4 nitrogen and oxygen atoms in total. The minimum atomic E-state index is 0. The maximum Gasteiger partial charge on any atom is 0.208 e. The molecule has 1 N–H and O–H groups in total. The van der Waals surface area contributed by atoms with Crippen molar-refractivity contribution in [2.24, 2.45) is 5.41 Å². The molecule has 0 amide bonds. The lowest BCUT2D eigenvalue weighted by Gasteiger charge is -2.36. The van der Waals surface area contributed by atoms with Gasteiger partial charge in [0.1, 0.15) is 5.01 Å². The van der Waals surface area contributed by atoms with Crippen LogP contribution in [-0.4, -0.2) is 36.4 Å². The van der Waals surface area contributed by atoms with Crippen LogP contribution in [0.5, 0.6) is 0 Å². The van der Waals surface area contributed by atoms with Crippen molar-refractivity contribution in [3.63, 3.8) is 0 Å². The Balaban J connectivity index is 0.00000121. The number of anilines is 1. The smallest absolute Gasteiger partial charge is 0.208 e. The van der Waals surface area contributed by atoms with Gasteiger partial charge in [0.2, 0.25) is 5.13 Å². The minimum absolute atomic E-state index is 0. The van der Waals surface area contributed by atoms with Crippen molar-refractivity contribution >= 4 is 41.3 Å². The second-order valence-electron chi connectivity index (χ2n) is 6.67. The molecule has 2 fully saturated rings. The highest BCUT2D eigenvalue weighted by atomic mass is 35.5. The predicted molar refractivity (Wildman–Crippen MR) is 99.1 cm³/mol. The van der Waals surface area contributed by atoms with Crippen molar-refractivity contribution in [2.45, 2.75) is 51.9 Å². The molecule has 1 aromatic rings. The molecule has 0 saturated carbocycles. The fourth-order valence-electron chi connectivity index (χ4n) is 3.49. The molecular weight excluding hydrogens is 339 g/mol. The molecule has 2 aliphatic rings. The molecular formula is C15H28Cl2N4S. The second-order valence-corrected chi connectivity index (χ2v) is 7.66. The van der Waals surface area contributed by atoms with E-state index in [2.05, 4.69) is 34.3 Å². The number of rotatable bonds is 2. The molecule has 1 spiro atoms. The summed E-state index contributed by atoms with van der Waals surface area (Å²) in [6.45, 7) is 9.11. The Hall–Kier alpha value is -0.100. The van der Waals surface area contributed by atoms with Crippen molar-refractivity contribution in [1.82, 2.24) is 15.5 Å². The van der Waals surface area contributed by atoms with Gasteiger partial charge in [-0.05, 0) is 50.6 Å². The van der Waals surface area contributed by atoms with Gasteiger partial charge in [0.05, 0.1) is 0 Å². The monoisotopic (exact) mass is 366 g/mol. The van der Waals surface area contributed by atoms with Crippen LogP contribution in [0.4, 0.5) is 5.13 Å².